The highest BCUT2D eigenvalue weighted by atomic mass is 33.7. The highest BCUT2D eigenvalue weighted by Crippen LogP contribution is 2.70. The first-order valence-electron chi connectivity index (χ1n) is 19.9. The van der Waals surface area contributed by atoms with Gasteiger partial charge in [-0.05, 0) is 171 Å². The van der Waals surface area contributed by atoms with Gasteiger partial charge in [-0.25, -0.2) is 0 Å². The van der Waals surface area contributed by atoms with Crippen LogP contribution in [0.15, 0.2) is 0 Å². The lowest BCUT2D eigenvalue weighted by molar-refractivity contribution is 0.0710. The van der Waals surface area contributed by atoms with Crippen molar-refractivity contribution in [1.82, 2.24) is 0 Å². The van der Waals surface area contributed by atoms with Gasteiger partial charge in [0.1, 0.15) is 3.41 Å². The van der Waals surface area contributed by atoms with Crippen LogP contribution in [0, 0.1) is 17.8 Å². The van der Waals surface area contributed by atoms with E-state index in [4.69, 9.17) is 39.8 Å². The Kier molecular flexibility index (Phi) is 34.3. The highest BCUT2D eigenvalue weighted by Gasteiger charge is 2.47. The van der Waals surface area contributed by atoms with Gasteiger partial charge in [-0.2, -0.15) is 0 Å². The van der Waals surface area contributed by atoms with E-state index in [0.29, 0.717) is 59.5 Å². The number of rotatable bonds is 40. The van der Waals surface area contributed by atoms with Crippen LogP contribution >= 0.6 is 124 Å². The van der Waals surface area contributed by atoms with Gasteiger partial charge in [0.2, 0.25) is 0 Å². The van der Waals surface area contributed by atoms with Crippen molar-refractivity contribution in [1.29, 1.82) is 0 Å². The molecule has 2 aliphatic rings. The summed E-state index contributed by atoms with van der Waals surface area (Å²) >= 11 is 0. The van der Waals surface area contributed by atoms with Crippen LogP contribution in [0.5, 0.6) is 0 Å². The molecule has 0 aromatic rings. The van der Waals surface area contributed by atoms with Crippen LogP contribution in [0.2, 0.25) is 6.04 Å². The molecule has 0 aliphatic heterocycles. The smallest absolute Gasteiger partial charge is 0.374 e. The van der Waals surface area contributed by atoms with Crippen molar-refractivity contribution in [3.8, 4) is 0 Å². The second-order valence-electron chi connectivity index (χ2n) is 12.4. The van der Waals surface area contributed by atoms with Gasteiger partial charge < -0.3 is 39.8 Å². The molecule has 0 heterocycles. The molecule has 0 aromatic heterocycles. The maximum atomic E-state index is 6.15. The van der Waals surface area contributed by atoms with Crippen molar-refractivity contribution < 1.29 is 39.8 Å². The fraction of sp³-hybridized carbons (Fsp3) is 1.00. The van der Waals surface area contributed by atoms with Crippen molar-refractivity contribution in [3.05, 3.63) is 0 Å². The van der Waals surface area contributed by atoms with Crippen LogP contribution in [0.4, 0.5) is 0 Å². The lowest BCUT2D eigenvalue weighted by atomic mass is 9.87. The van der Waals surface area contributed by atoms with Crippen LogP contribution in [0.3, 0.4) is 0 Å². The average Bonchev–Trinajstić information content (AvgIpc) is 3.79. The minimum atomic E-state index is -2.72. The SMILES string of the molecule is CCO[Si](CCCSSSSC(CC1CC2CCC1C2)(SSSSC[Si](OCC)(OCC)OCC)SSSSC[Si](OCC)(OCC)OCC)(OCC)OCC. The Morgan fingerprint density at radius 3 is 1.21 bits per heavy atom. The van der Waals surface area contributed by atoms with Crippen molar-refractivity contribution in [3.63, 3.8) is 0 Å². The van der Waals surface area contributed by atoms with Gasteiger partial charge in [-0.3, -0.25) is 0 Å². The summed E-state index contributed by atoms with van der Waals surface area (Å²) in [4.78, 5) is 0. The molecule has 0 amide bonds. The monoisotopic (exact) mass is 1060 g/mol. The normalized spacial score (nSPS) is 19.1. The number of fused-ring (bicyclic) bond motifs is 2. The Morgan fingerprint density at radius 2 is 0.857 bits per heavy atom. The molecule has 2 aliphatic carbocycles. The summed E-state index contributed by atoms with van der Waals surface area (Å²) in [6, 6.07) is 0.852. The minimum absolute atomic E-state index is 0.0483. The Hall–Kier alpha value is 4.49. The van der Waals surface area contributed by atoms with Crippen molar-refractivity contribution >= 4 is 150 Å². The lowest BCUT2D eigenvalue weighted by Gasteiger charge is -2.34. The van der Waals surface area contributed by atoms with E-state index >= 15 is 0 Å². The van der Waals surface area contributed by atoms with Gasteiger partial charge in [0, 0.05) is 71.3 Å². The van der Waals surface area contributed by atoms with Gasteiger partial charge in [-0.15, -0.1) is 0 Å². The molecule has 0 spiro atoms. The third-order valence-corrected chi connectivity index (χ3v) is 43.2. The van der Waals surface area contributed by atoms with Crippen LogP contribution < -0.4 is 0 Å². The summed E-state index contributed by atoms with van der Waals surface area (Å²) < 4.78 is 55.1. The van der Waals surface area contributed by atoms with E-state index in [1.54, 1.807) is 21.6 Å². The van der Waals surface area contributed by atoms with Gasteiger partial charge in [-0.1, -0.05) is 71.2 Å². The molecule has 24 heteroatoms. The third kappa shape index (κ3) is 21.7. The zero-order valence-electron chi connectivity index (χ0n) is 34.7. The van der Waals surface area contributed by atoms with E-state index in [1.165, 1.54) is 32.1 Å². The maximum absolute atomic E-state index is 6.15. The molecule has 56 heavy (non-hydrogen) atoms. The summed E-state index contributed by atoms with van der Waals surface area (Å²) in [5.41, 5.74) is 0. The van der Waals surface area contributed by atoms with Gasteiger partial charge in [0.15, 0.2) is 0 Å². The highest BCUT2D eigenvalue weighted by molar-refractivity contribution is 9.32. The summed E-state index contributed by atoms with van der Waals surface area (Å²) in [5, 5.41) is 1.46. The van der Waals surface area contributed by atoms with Gasteiger partial charge >= 0.3 is 26.4 Å². The molecular formula is C32H68O9S12Si3. The van der Waals surface area contributed by atoms with Crippen molar-refractivity contribution in [2.75, 3.05) is 76.0 Å². The largest absolute Gasteiger partial charge is 0.512 e. The van der Waals surface area contributed by atoms with Crippen LogP contribution in [0.25, 0.3) is 0 Å². The molecule has 2 fully saturated rings. The Bertz CT molecular complexity index is 898. The summed E-state index contributed by atoms with van der Waals surface area (Å²) in [6.07, 6.45) is 7.81. The molecular weight excluding hydrogens is 997 g/mol. The minimum Gasteiger partial charge on any atom is -0.374 e. The van der Waals surface area contributed by atoms with Crippen LogP contribution in [-0.4, -0.2) is 106 Å². The van der Waals surface area contributed by atoms with E-state index < -0.39 is 26.4 Å². The first-order valence-corrected chi connectivity index (χ1v) is 40.6. The van der Waals surface area contributed by atoms with Gasteiger partial charge in [0.25, 0.3) is 0 Å². The number of hydrogen-bond donors (Lipinski definition) is 0. The number of hydrogen-bond acceptors (Lipinski definition) is 21. The van der Waals surface area contributed by atoms with E-state index in [9.17, 15) is 0 Å². The van der Waals surface area contributed by atoms with E-state index in [1.807, 2.05) is 164 Å². The van der Waals surface area contributed by atoms with Crippen LogP contribution in [0.1, 0.15) is 101 Å². The molecule has 0 N–H and O–H groups in total. The molecule has 9 nitrogen and oxygen atoms in total. The van der Waals surface area contributed by atoms with E-state index in [2.05, 4.69) is 0 Å². The standard InChI is InChI=1S/C32H68O9S12Si3/c1-10-33-54(34-11-2,35-12-3)23-19-22-42-48-51-45-32(26-31-25-29-20-21-30(31)24-29,46-52-49-43-27-55(36-13-4,37-14-5)38-15-6)47-53-50-44-28-56(39-16-7,40-17-8)41-18-9/h29-31H,10-28H2,1-9H3. The predicted molar refractivity (Wildman–Crippen MR) is 273 cm³/mol. The lowest BCUT2D eigenvalue weighted by Crippen LogP contribution is -2.49. The fourth-order valence-electron chi connectivity index (χ4n) is 6.74. The van der Waals surface area contributed by atoms with E-state index in [-0.39, 0.29) is 3.41 Å². The molecule has 2 rings (SSSR count). The first kappa shape index (κ1) is 56.6. The zero-order chi connectivity index (χ0) is 41.0. The molecule has 2 bridgehead atoms. The van der Waals surface area contributed by atoms with Gasteiger partial charge in [0.05, 0.1) is 10.8 Å². The maximum Gasteiger partial charge on any atom is 0.512 e. The first-order chi connectivity index (χ1) is 27.2. The second-order valence-corrected chi connectivity index (χ2v) is 40.6. The quantitative estimate of drug-likeness (QED) is 0.0252. The molecule has 0 radical (unpaired) electrons. The molecule has 334 valence electrons. The average molecular weight is 1070 g/mol. The summed E-state index contributed by atoms with van der Waals surface area (Å²) in [6.45, 7) is 23.6. The molecule has 0 aromatic carbocycles. The predicted octanol–water partition coefficient (Wildman–Crippen LogP) is 14.1. The molecule has 3 atom stereocenters. The molecule has 0 saturated heterocycles. The van der Waals surface area contributed by atoms with Crippen LogP contribution in [-0.2, 0) is 39.8 Å². The summed E-state index contributed by atoms with van der Waals surface area (Å²) in [7, 11) is 14.9. The second kappa shape index (κ2) is 33.9. The topological polar surface area (TPSA) is 83.1 Å². The fourth-order valence-corrected chi connectivity index (χ4v) is 45.2. The Balaban J connectivity index is 2.14. The summed E-state index contributed by atoms with van der Waals surface area (Å²) in [5.74, 6) is 3.58. The van der Waals surface area contributed by atoms with E-state index in [0.717, 1.165) is 46.7 Å². The zero-order valence-corrected chi connectivity index (χ0v) is 47.5. The molecule has 3 unspecified atom stereocenters. The Morgan fingerprint density at radius 1 is 0.464 bits per heavy atom. The Labute approximate surface area is 389 Å². The van der Waals surface area contributed by atoms with Crippen molar-refractivity contribution in [2.24, 2.45) is 17.8 Å². The van der Waals surface area contributed by atoms with Crippen molar-refractivity contribution in [2.45, 2.75) is 110 Å². The third-order valence-electron chi connectivity index (χ3n) is 8.57. The molecule has 2 saturated carbocycles.